The molecule has 2 aromatic carbocycles. The van der Waals surface area contributed by atoms with Gasteiger partial charge in [0.2, 0.25) is 0 Å². The van der Waals surface area contributed by atoms with E-state index in [2.05, 4.69) is 40.7 Å². The zero-order valence-electron chi connectivity index (χ0n) is 14.4. The number of carbonyl (C=O) groups is 1. The number of rotatable bonds is 4. The minimum atomic E-state index is -0.262. The molecule has 0 fully saturated rings. The molecule has 26 heavy (non-hydrogen) atoms. The van der Waals surface area contributed by atoms with Gasteiger partial charge in [-0.15, -0.1) is 18.2 Å². The summed E-state index contributed by atoms with van der Waals surface area (Å²) >= 11 is 6.70. The number of benzene rings is 2. The van der Waals surface area contributed by atoms with E-state index in [1.54, 1.807) is 11.8 Å². The monoisotopic (exact) mass is 444 g/mol. The van der Waals surface area contributed by atoms with Crippen LogP contribution in [0.25, 0.3) is 10.2 Å². The van der Waals surface area contributed by atoms with Crippen molar-refractivity contribution in [1.29, 1.82) is 0 Å². The van der Waals surface area contributed by atoms with E-state index in [0.717, 1.165) is 19.6 Å². The summed E-state index contributed by atoms with van der Waals surface area (Å²) < 4.78 is 3.91. The van der Waals surface area contributed by atoms with Crippen LogP contribution < -0.4 is 4.80 Å². The third-order valence-electron chi connectivity index (χ3n) is 3.56. The Hall–Kier alpha value is -1.81. The molecular formula is C20H17BrN2OS2. The molecule has 0 spiro atoms. The SMILES string of the molecule is C#CCn1c(=NC(=O)c2ccc(SC(C)C)cc2)sc2cc(Br)ccc21. The molecule has 0 aliphatic heterocycles. The van der Waals surface area contributed by atoms with Gasteiger partial charge in [-0.3, -0.25) is 4.79 Å². The Morgan fingerprint density at radius 3 is 2.69 bits per heavy atom. The lowest BCUT2D eigenvalue weighted by atomic mass is 10.2. The quantitative estimate of drug-likeness (QED) is 0.401. The fraction of sp³-hybridized carbons (Fsp3) is 0.200. The number of thiazole rings is 1. The summed E-state index contributed by atoms with van der Waals surface area (Å²) in [5, 5.41) is 0.502. The lowest BCUT2D eigenvalue weighted by Crippen LogP contribution is -2.16. The van der Waals surface area contributed by atoms with Crippen LogP contribution in [-0.2, 0) is 6.54 Å². The van der Waals surface area contributed by atoms with Crippen molar-refractivity contribution in [2.24, 2.45) is 4.99 Å². The number of terminal acetylenes is 1. The van der Waals surface area contributed by atoms with Crippen LogP contribution in [0.2, 0.25) is 0 Å². The van der Waals surface area contributed by atoms with Crippen LogP contribution >= 0.6 is 39.0 Å². The van der Waals surface area contributed by atoms with Crippen LogP contribution in [0.15, 0.2) is 56.8 Å². The van der Waals surface area contributed by atoms with E-state index in [9.17, 15) is 4.79 Å². The summed E-state index contributed by atoms with van der Waals surface area (Å²) in [6.07, 6.45) is 5.50. The topological polar surface area (TPSA) is 34.4 Å². The molecule has 0 aliphatic rings. The Labute approximate surface area is 169 Å². The highest BCUT2D eigenvalue weighted by Crippen LogP contribution is 2.24. The highest BCUT2D eigenvalue weighted by molar-refractivity contribution is 9.10. The average molecular weight is 445 g/mol. The average Bonchev–Trinajstić information content (AvgIpc) is 2.91. The number of nitrogens with zero attached hydrogens (tertiary/aromatic N) is 2. The maximum atomic E-state index is 12.6. The van der Waals surface area contributed by atoms with Crippen molar-refractivity contribution < 1.29 is 4.79 Å². The standard InChI is InChI=1S/C20H17BrN2OS2/c1-4-11-23-17-10-7-15(21)12-18(17)26-20(23)22-19(24)14-5-8-16(9-6-14)25-13(2)3/h1,5-10,12-13H,11H2,2-3H3. The third kappa shape index (κ3) is 4.29. The molecule has 0 radical (unpaired) electrons. The lowest BCUT2D eigenvalue weighted by Gasteiger charge is -2.04. The van der Waals surface area contributed by atoms with Gasteiger partial charge in [0.25, 0.3) is 5.91 Å². The molecule has 6 heteroatoms. The molecule has 0 atom stereocenters. The highest BCUT2D eigenvalue weighted by atomic mass is 79.9. The zero-order chi connectivity index (χ0) is 18.7. The van der Waals surface area contributed by atoms with Crippen LogP contribution in [0.1, 0.15) is 24.2 Å². The number of hydrogen-bond acceptors (Lipinski definition) is 3. The Kier molecular flexibility index (Phi) is 6.02. The van der Waals surface area contributed by atoms with Gasteiger partial charge in [-0.2, -0.15) is 4.99 Å². The van der Waals surface area contributed by atoms with Crippen LogP contribution in [0.3, 0.4) is 0 Å². The first-order valence-corrected chi connectivity index (χ1v) is 10.5. The maximum absolute atomic E-state index is 12.6. The van der Waals surface area contributed by atoms with Gasteiger partial charge in [0, 0.05) is 20.2 Å². The van der Waals surface area contributed by atoms with Crippen molar-refractivity contribution in [1.82, 2.24) is 4.57 Å². The molecular weight excluding hydrogens is 428 g/mol. The van der Waals surface area contributed by atoms with E-state index in [4.69, 9.17) is 6.42 Å². The normalized spacial score (nSPS) is 11.9. The molecule has 3 rings (SSSR count). The number of aromatic nitrogens is 1. The van der Waals surface area contributed by atoms with Crippen molar-refractivity contribution in [3.05, 3.63) is 57.3 Å². The minimum absolute atomic E-state index is 0.262. The molecule has 0 bridgehead atoms. The summed E-state index contributed by atoms with van der Waals surface area (Å²) in [6, 6.07) is 13.5. The predicted molar refractivity (Wildman–Crippen MR) is 114 cm³/mol. The molecule has 1 aromatic heterocycles. The summed E-state index contributed by atoms with van der Waals surface area (Å²) in [4.78, 5) is 18.7. The summed E-state index contributed by atoms with van der Waals surface area (Å²) in [5.41, 5.74) is 1.55. The Bertz CT molecular complexity index is 1060. The molecule has 0 unspecified atom stereocenters. The van der Waals surface area contributed by atoms with Gasteiger partial charge in [0.15, 0.2) is 4.80 Å². The Morgan fingerprint density at radius 1 is 1.31 bits per heavy atom. The second-order valence-corrected chi connectivity index (χ2v) is 9.47. The van der Waals surface area contributed by atoms with Gasteiger partial charge in [-0.1, -0.05) is 47.0 Å². The van der Waals surface area contributed by atoms with Gasteiger partial charge in [-0.05, 0) is 42.5 Å². The first kappa shape index (κ1) is 19.0. The molecule has 0 N–H and O–H groups in total. The van der Waals surface area contributed by atoms with E-state index in [1.807, 2.05) is 47.0 Å². The number of halogens is 1. The molecule has 132 valence electrons. The van der Waals surface area contributed by atoms with E-state index < -0.39 is 0 Å². The smallest absolute Gasteiger partial charge is 0.279 e. The minimum Gasteiger partial charge on any atom is -0.305 e. The summed E-state index contributed by atoms with van der Waals surface area (Å²) in [5.74, 6) is 2.38. The fourth-order valence-electron chi connectivity index (χ4n) is 2.48. The molecule has 1 amide bonds. The number of fused-ring (bicyclic) bond motifs is 1. The van der Waals surface area contributed by atoms with Crippen molar-refractivity contribution in [3.63, 3.8) is 0 Å². The van der Waals surface area contributed by atoms with Gasteiger partial charge in [-0.25, -0.2) is 0 Å². The molecule has 3 nitrogen and oxygen atoms in total. The summed E-state index contributed by atoms with van der Waals surface area (Å²) in [6.45, 7) is 4.66. The predicted octanol–water partition coefficient (Wildman–Crippen LogP) is 5.34. The molecule has 0 saturated heterocycles. The number of thioether (sulfide) groups is 1. The first-order valence-electron chi connectivity index (χ1n) is 8.06. The van der Waals surface area contributed by atoms with E-state index in [-0.39, 0.29) is 5.91 Å². The second kappa shape index (κ2) is 8.26. The molecule has 3 aromatic rings. The fourth-order valence-corrected chi connectivity index (χ4v) is 4.89. The van der Waals surface area contributed by atoms with Gasteiger partial charge in [0.1, 0.15) is 0 Å². The van der Waals surface area contributed by atoms with E-state index >= 15 is 0 Å². The molecule has 0 saturated carbocycles. The van der Waals surface area contributed by atoms with Gasteiger partial charge < -0.3 is 4.57 Å². The van der Waals surface area contributed by atoms with Crippen molar-refractivity contribution in [2.45, 2.75) is 30.5 Å². The van der Waals surface area contributed by atoms with Crippen LogP contribution in [-0.4, -0.2) is 15.7 Å². The molecule has 0 aliphatic carbocycles. The third-order valence-corrected chi connectivity index (χ3v) is 6.11. The number of hydrogen-bond donors (Lipinski definition) is 0. The second-order valence-electron chi connectivity index (χ2n) is 5.89. The van der Waals surface area contributed by atoms with Crippen molar-refractivity contribution in [2.75, 3.05) is 0 Å². The van der Waals surface area contributed by atoms with Crippen molar-refractivity contribution in [3.8, 4) is 12.3 Å². The van der Waals surface area contributed by atoms with Crippen LogP contribution in [0.5, 0.6) is 0 Å². The van der Waals surface area contributed by atoms with E-state index in [0.29, 0.717) is 22.2 Å². The lowest BCUT2D eigenvalue weighted by molar-refractivity contribution is 0.0998. The van der Waals surface area contributed by atoms with Gasteiger partial charge >= 0.3 is 0 Å². The number of carbonyl (C=O) groups excluding carboxylic acids is 1. The Morgan fingerprint density at radius 2 is 2.04 bits per heavy atom. The van der Waals surface area contributed by atoms with Gasteiger partial charge in [0.05, 0.1) is 16.8 Å². The zero-order valence-corrected chi connectivity index (χ0v) is 17.6. The van der Waals surface area contributed by atoms with E-state index in [1.165, 1.54) is 11.3 Å². The van der Waals surface area contributed by atoms with Crippen LogP contribution in [0, 0.1) is 12.3 Å². The molecule has 1 heterocycles. The first-order chi connectivity index (χ1) is 12.5. The number of amides is 1. The highest BCUT2D eigenvalue weighted by Gasteiger charge is 2.09. The largest absolute Gasteiger partial charge is 0.305 e. The maximum Gasteiger partial charge on any atom is 0.279 e. The van der Waals surface area contributed by atoms with Crippen molar-refractivity contribution >= 4 is 55.2 Å². The van der Waals surface area contributed by atoms with Crippen LogP contribution in [0.4, 0.5) is 0 Å². The Balaban J connectivity index is 1.99. The summed E-state index contributed by atoms with van der Waals surface area (Å²) in [7, 11) is 0.